The van der Waals surface area contributed by atoms with Gasteiger partial charge in [0.15, 0.2) is 0 Å². The number of rotatable bonds is 4. The summed E-state index contributed by atoms with van der Waals surface area (Å²) < 4.78 is 6.40. The summed E-state index contributed by atoms with van der Waals surface area (Å²) in [6, 6.07) is 9.92. The molecular weight excluding hydrogens is 280 g/mol. The first-order valence-corrected chi connectivity index (χ1v) is 6.24. The summed E-state index contributed by atoms with van der Waals surface area (Å²) in [5, 5.41) is 3.31. The van der Waals surface area contributed by atoms with Gasteiger partial charge < -0.3 is 15.5 Å². The molecule has 0 aliphatic carbocycles. The second kappa shape index (κ2) is 5.38. The van der Waals surface area contributed by atoms with E-state index in [9.17, 15) is 0 Å². The monoisotopic (exact) mass is 294 g/mol. The highest BCUT2D eigenvalue weighted by Crippen LogP contribution is 2.20. The molecule has 17 heavy (non-hydrogen) atoms. The topological polar surface area (TPSA) is 51.2 Å². The lowest BCUT2D eigenvalue weighted by Crippen LogP contribution is -2.12. The van der Waals surface area contributed by atoms with Crippen LogP contribution in [0.15, 0.2) is 39.2 Å². The Hall–Kier alpha value is -1.26. The third-order valence-electron chi connectivity index (χ3n) is 2.48. The van der Waals surface area contributed by atoms with Crippen molar-refractivity contribution in [2.75, 3.05) is 5.73 Å². The molecule has 2 aromatic rings. The van der Waals surface area contributed by atoms with E-state index in [2.05, 4.69) is 21.2 Å². The first kappa shape index (κ1) is 12.2. The molecule has 0 fully saturated rings. The number of benzene rings is 1. The molecule has 0 aliphatic heterocycles. The first-order chi connectivity index (χ1) is 8.15. The summed E-state index contributed by atoms with van der Waals surface area (Å²) in [5.41, 5.74) is 7.74. The van der Waals surface area contributed by atoms with E-state index in [-0.39, 0.29) is 0 Å². The molecule has 1 aromatic heterocycles. The fraction of sp³-hybridized carbons (Fsp3) is 0.231. The van der Waals surface area contributed by atoms with Crippen molar-refractivity contribution in [2.24, 2.45) is 0 Å². The van der Waals surface area contributed by atoms with Gasteiger partial charge >= 0.3 is 0 Å². The third kappa shape index (κ3) is 3.35. The quantitative estimate of drug-likeness (QED) is 0.851. The van der Waals surface area contributed by atoms with Crippen LogP contribution < -0.4 is 11.1 Å². The van der Waals surface area contributed by atoms with Crippen LogP contribution in [-0.4, -0.2) is 0 Å². The van der Waals surface area contributed by atoms with Gasteiger partial charge in [0, 0.05) is 16.7 Å². The van der Waals surface area contributed by atoms with Gasteiger partial charge in [0.2, 0.25) is 0 Å². The standard InChI is InChI=1S/C13H15BrN2O/c1-9-2-4-11(17-9)8-16-7-10-3-5-12(14)13(15)6-10/h2-6,16H,7-8,15H2,1H3. The molecule has 2 rings (SSSR count). The molecule has 0 spiro atoms. The maximum absolute atomic E-state index is 5.81. The number of nitrogens with one attached hydrogen (secondary N) is 1. The van der Waals surface area contributed by atoms with Gasteiger partial charge in [-0.05, 0) is 52.7 Å². The zero-order chi connectivity index (χ0) is 12.3. The summed E-state index contributed by atoms with van der Waals surface area (Å²) in [4.78, 5) is 0. The van der Waals surface area contributed by atoms with Crippen molar-refractivity contribution in [3.63, 3.8) is 0 Å². The molecule has 3 nitrogen and oxygen atoms in total. The molecule has 0 atom stereocenters. The van der Waals surface area contributed by atoms with E-state index in [1.54, 1.807) is 0 Å². The SMILES string of the molecule is Cc1ccc(CNCc2ccc(Br)c(N)c2)o1. The number of hydrogen-bond acceptors (Lipinski definition) is 3. The number of aryl methyl sites for hydroxylation is 1. The average Bonchev–Trinajstić information content (AvgIpc) is 2.70. The van der Waals surface area contributed by atoms with Crippen LogP contribution >= 0.6 is 15.9 Å². The lowest BCUT2D eigenvalue weighted by atomic mass is 10.2. The number of hydrogen-bond donors (Lipinski definition) is 2. The highest BCUT2D eigenvalue weighted by Gasteiger charge is 2.00. The van der Waals surface area contributed by atoms with Gasteiger partial charge in [-0.15, -0.1) is 0 Å². The van der Waals surface area contributed by atoms with Gasteiger partial charge in [-0.3, -0.25) is 0 Å². The van der Waals surface area contributed by atoms with Gasteiger partial charge in [0.05, 0.1) is 6.54 Å². The normalized spacial score (nSPS) is 10.7. The predicted molar refractivity (Wildman–Crippen MR) is 72.5 cm³/mol. The van der Waals surface area contributed by atoms with E-state index in [4.69, 9.17) is 10.2 Å². The summed E-state index contributed by atoms with van der Waals surface area (Å²) >= 11 is 3.38. The second-order valence-electron chi connectivity index (χ2n) is 3.97. The molecule has 0 aliphatic rings. The van der Waals surface area contributed by atoms with Crippen molar-refractivity contribution in [3.05, 3.63) is 51.9 Å². The maximum atomic E-state index is 5.81. The van der Waals surface area contributed by atoms with E-state index in [0.29, 0.717) is 0 Å². The van der Waals surface area contributed by atoms with Crippen LogP contribution in [0.1, 0.15) is 17.1 Å². The molecular formula is C13H15BrN2O. The Balaban J connectivity index is 1.87. The average molecular weight is 295 g/mol. The smallest absolute Gasteiger partial charge is 0.117 e. The Morgan fingerprint density at radius 2 is 2.06 bits per heavy atom. The third-order valence-corrected chi connectivity index (χ3v) is 3.21. The highest BCUT2D eigenvalue weighted by molar-refractivity contribution is 9.10. The van der Waals surface area contributed by atoms with E-state index >= 15 is 0 Å². The van der Waals surface area contributed by atoms with Crippen LogP contribution in [0.4, 0.5) is 5.69 Å². The number of nitrogen functional groups attached to an aromatic ring is 1. The van der Waals surface area contributed by atoms with Crippen LogP contribution in [0, 0.1) is 6.92 Å². The largest absolute Gasteiger partial charge is 0.465 e. The molecule has 0 radical (unpaired) electrons. The number of halogens is 1. The molecule has 90 valence electrons. The summed E-state index contributed by atoms with van der Waals surface area (Å²) in [5.74, 6) is 1.89. The number of furan rings is 1. The zero-order valence-corrected chi connectivity index (χ0v) is 11.3. The van der Waals surface area contributed by atoms with Crippen molar-refractivity contribution in [3.8, 4) is 0 Å². The van der Waals surface area contributed by atoms with Crippen LogP contribution in [-0.2, 0) is 13.1 Å². The van der Waals surface area contributed by atoms with Crippen molar-refractivity contribution in [1.82, 2.24) is 5.32 Å². The highest BCUT2D eigenvalue weighted by atomic mass is 79.9. The molecule has 0 unspecified atom stereocenters. The predicted octanol–water partition coefficient (Wildman–Crippen LogP) is 3.22. The molecule has 4 heteroatoms. The van der Waals surface area contributed by atoms with E-state index in [1.165, 1.54) is 0 Å². The zero-order valence-electron chi connectivity index (χ0n) is 9.66. The Labute approximate surface area is 109 Å². The van der Waals surface area contributed by atoms with Crippen molar-refractivity contribution < 1.29 is 4.42 Å². The van der Waals surface area contributed by atoms with Crippen LogP contribution in [0.5, 0.6) is 0 Å². The Morgan fingerprint density at radius 1 is 1.24 bits per heavy atom. The lowest BCUT2D eigenvalue weighted by Gasteiger charge is -2.05. The van der Waals surface area contributed by atoms with Crippen molar-refractivity contribution in [1.29, 1.82) is 0 Å². The fourth-order valence-corrected chi connectivity index (χ4v) is 1.86. The molecule has 0 saturated carbocycles. The Kier molecular flexibility index (Phi) is 3.86. The molecule has 0 amide bonds. The van der Waals surface area contributed by atoms with Gasteiger partial charge in [-0.25, -0.2) is 0 Å². The van der Waals surface area contributed by atoms with Crippen LogP contribution in [0.25, 0.3) is 0 Å². The lowest BCUT2D eigenvalue weighted by molar-refractivity contribution is 0.462. The second-order valence-corrected chi connectivity index (χ2v) is 4.83. The van der Waals surface area contributed by atoms with E-state index < -0.39 is 0 Å². The molecule has 0 saturated heterocycles. The van der Waals surface area contributed by atoms with E-state index in [1.807, 2.05) is 37.3 Å². The summed E-state index contributed by atoms with van der Waals surface area (Å²) in [6.45, 7) is 3.44. The Bertz CT molecular complexity index is 508. The van der Waals surface area contributed by atoms with Gasteiger partial charge in [-0.2, -0.15) is 0 Å². The fourth-order valence-electron chi connectivity index (χ4n) is 1.61. The minimum atomic E-state index is 0.726. The first-order valence-electron chi connectivity index (χ1n) is 5.45. The van der Waals surface area contributed by atoms with Gasteiger partial charge in [-0.1, -0.05) is 6.07 Å². The van der Waals surface area contributed by atoms with Crippen molar-refractivity contribution >= 4 is 21.6 Å². The Morgan fingerprint density at radius 3 is 2.71 bits per heavy atom. The maximum Gasteiger partial charge on any atom is 0.117 e. The summed E-state index contributed by atoms with van der Waals surface area (Å²) in [6.07, 6.45) is 0. The van der Waals surface area contributed by atoms with Gasteiger partial charge in [0.1, 0.15) is 11.5 Å². The minimum Gasteiger partial charge on any atom is -0.465 e. The number of nitrogens with two attached hydrogens (primary N) is 1. The minimum absolute atomic E-state index is 0.726. The van der Waals surface area contributed by atoms with Gasteiger partial charge in [0.25, 0.3) is 0 Å². The molecule has 3 N–H and O–H groups in total. The van der Waals surface area contributed by atoms with Crippen molar-refractivity contribution in [2.45, 2.75) is 20.0 Å². The van der Waals surface area contributed by atoms with Crippen LogP contribution in [0.2, 0.25) is 0 Å². The molecule has 1 heterocycles. The van der Waals surface area contributed by atoms with E-state index in [0.717, 1.165) is 40.3 Å². The van der Waals surface area contributed by atoms with Crippen LogP contribution in [0.3, 0.4) is 0 Å². The molecule has 1 aromatic carbocycles. The molecule has 0 bridgehead atoms. The number of anilines is 1. The summed E-state index contributed by atoms with van der Waals surface area (Å²) in [7, 11) is 0.